The number of hydrogen-bond acceptors (Lipinski definition) is 1. The molecular weight excluding hydrogens is 138 g/mol. The molecule has 0 aliphatic heterocycles. The van der Waals surface area contributed by atoms with Crippen molar-refractivity contribution in [3.63, 3.8) is 0 Å². The van der Waals surface area contributed by atoms with Crippen molar-refractivity contribution in [3.05, 3.63) is 0 Å². The molecule has 1 fully saturated rings. The topological polar surface area (TPSA) is 17.1 Å². The van der Waals surface area contributed by atoms with Crippen LogP contribution < -0.4 is 0 Å². The first-order valence-corrected chi connectivity index (χ1v) is 3.03. The second-order valence-corrected chi connectivity index (χ2v) is 2.25. The summed E-state index contributed by atoms with van der Waals surface area (Å²) in [5, 5.41) is 0. The summed E-state index contributed by atoms with van der Waals surface area (Å²) in [7, 11) is 0. The van der Waals surface area contributed by atoms with Crippen molar-refractivity contribution in [1.29, 1.82) is 0 Å². The molecule has 2 unspecified atom stereocenters. The zero-order valence-corrected chi connectivity index (χ0v) is 5.23. The van der Waals surface area contributed by atoms with E-state index >= 15 is 0 Å². The first-order valence-electron chi connectivity index (χ1n) is 3.03. The molecule has 0 N–H and O–H groups in total. The monoisotopic (exact) mass is 144 g/mol. The van der Waals surface area contributed by atoms with Gasteiger partial charge in [0.15, 0.2) is 12.0 Å². The molecule has 1 nitrogen and oxygen atoms in total. The van der Waals surface area contributed by atoms with Gasteiger partial charge in [0, 0.05) is 6.42 Å². The quantitative estimate of drug-likeness (QED) is 0.467. The van der Waals surface area contributed by atoms with E-state index in [1.54, 1.807) is 0 Å². The first kappa shape index (κ1) is 7.20. The second kappa shape index (κ2) is 2.78. The molecule has 0 heterocycles. The average Bonchev–Trinajstić information content (AvgIpc) is 2.20. The molecule has 0 spiro atoms. The third kappa shape index (κ3) is 1.15. The summed E-state index contributed by atoms with van der Waals surface area (Å²) < 4.78 is 23.9. The van der Waals surface area contributed by atoms with Gasteiger partial charge in [-0.3, -0.25) is 4.79 Å². The van der Waals surface area contributed by atoms with Gasteiger partial charge in [0.1, 0.15) is 6.17 Å². The maximum atomic E-state index is 12.5. The van der Waals surface area contributed by atoms with Gasteiger partial charge in [0.05, 0.1) is 5.92 Å². The lowest BCUT2D eigenvalue weighted by atomic mass is 10.1. The fourth-order valence-electron chi connectivity index (χ4n) is 1.02. The van der Waals surface area contributed by atoms with Crippen molar-refractivity contribution in [1.82, 2.24) is 0 Å². The van der Waals surface area contributed by atoms with Crippen LogP contribution in [0.15, 0.2) is 0 Å². The zero-order chi connectivity index (χ0) is 7.56. The number of alkyl halides is 1. The van der Waals surface area contributed by atoms with Crippen LogP contribution in [-0.2, 0) is 4.79 Å². The number of ketones is 1. The van der Waals surface area contributed by atoms with Gasteiger partial charge in [-0.25, -0.2) is 4.39 Å². The van der Waals surface area contributed by atoms with Gasteiger partial charge in [-0.2, -0.15) is 0 Å². The number of halogens is 2. The highest BCUT2D eigenvalue weighted by Gasteiger charge is 2.33. The summed E-state index contributed by atoms with van der Waals surface area (Å²) in [4.78, 5) is 10.5. The fraction of sp³-hybridized carbons (Fsp3) is 0.571. The maximum Gasteiger partial charge on any atom is 0.172 e. The van der Waals surface area contributed by atoms with Gasteiger partial charge >= 0.3 is 0 Å². The van der Waals surface area contributed by atoms with Crippen molar-refractivity contribution in [3.8, 4) is 12.1 Å². The SMILES string of the molecule is O=C1CCC(C#CF)C1F. The predicted molar refractivity (Wildman–Crippen MR) is 31.5 cm³/mol. The Morgan fingerprint density at radius 1 is 1.60 bits per heavy atom. The van der Waals surface area contributed by atoms with E-state index < -0.39 is 17.9 Å². The summed E-state index contributed by atoms with van der Waals surface area (Å²) in [5.41, 5.74) is 0. The predicted octanol–water partition coefficient (Wildman–Crippen LogP) is 1.23. The van der Waals surface area contributed by atoms with Crippen LogP contribution in [0.3, 0.4) is 0 Å². The summed E-state index contributed by atoms with van der Waals surface area (Å²) in [6.45, 7) is 0. The minimum atomic E-state index is -1.55. The van der Waals surface area contributed by atoms with Crippen LogP contribution in [0.25, 0.3) is 0 Å². The smallest absolute Gasteiger partial charge is 0.172 e. The Morgan fingerprint density at radius 2 is 2.30 bits per heavy atom. The van der Waals surface area contributed by atoms with Crippen LogP contribution in [-0.4, -0.2) is 12.0 Å². The van der Waals surface area contributed by atoms with E-state index in [1.807, 2.05) is 5.92 Å². The Balaban J connectivity index is 2.63. The van der Waals surface area contributed by atoms with E-state index in [0.29, 0.717) is 6.42 Å². The molecule has 1 aliphatic rings. The Kier molecular flexibility index (Phi) is 2.00. The minimum Gasteiger partial charge on any atom is -0.296 e. The van der Waals surface area contributed by atoms with Gasteiger partial charge in [-0.05, 0) is 6.42 Å². The van der Waals surface area contributed by atoms with Crippen molar-refractivity contribution in [2.75, 3.05) is 0 Å². The fourth-order valence-corrected chi connectivity index (χ4v) is 1.02. The highest BCUT2D eigenvalue weighted by atomic mass is 19.1. The number of rotatable bonds is 0. The van der Waals surface area contributed by atoms with Gasteiger partial charge in [-0.1, -0.05) is 5.92 Å². The molecule has 0 aromatic heterocycles. The first-order chi connectivity index (χ1) is 4.75. The summed E-state index contributed by atoms with van der Waals surface area (Å²) >= 11 is 0. The third-order valence-corrected chi connectivity index (χ3v) is 1.60. The lowest BCUT2D eigenvalue weighted by molar-refractivity contribution is -0.121. The van der Waals surface area contributed by atoms with Crippen LogP contribution in [0, 0.1) is 18.0 Å². The molecule has 1 saturated carbocycles. The Hall–Kier alpha value is -0.910. The molecule has 2 atom stereocenters. The normalized spacial score (nSPS) is 31.6. The molecule has 0 radical (unpaired) electrons. The molecule has 10 heavy (non-hydrogen) atoms. The van der Waals surface area contributed by atoms with E-state index in [2.05, 4.69) is 0 Å². The number of Topliss-reactive ketones (excluding diaryl/α,β-unsaturated/α-hetero) is 1. The molecule has 3 heteroatoms. The molecule has 1 aliphatic carbocycles. The minimum absolute atomic E-state index is 0.195. The van der Waals surface area contributed by atoms with Gasteiger partial charge in [0.2, 0.25) is 0 Å². The van der Waals surface area contributed by atoms with Crippen LogP contribution in [0.5, 0.6) is 0 Å². The summed E-state index contributed by atoms with van der Waals surface area (Å²) in [6, 6.07) is 0. The van der Waals surface area contributed by atoms with E-state index in [9.17, 15) is 13.6 Å². The molecule has 0 saturated heterocycles. The zero-order valence-electron chi connectivity index (χ0n) is 5.23. The van der Waals surface area contributed by atoms with Crippen molar-refractivity contribution in [2.24, 2.45) is 5.92 Å². The van der Waals surface area contributed by atoms with Crippen molar-refractivity contribution >= 4 is 5.78 Å². The Labute approximate surface area is 57.4 Å². The Bertz CT molecular complexity index is 201. The standard InChI is InChI=1S/C7H6F2O/c8-4-3-5-1-2-6(10)7(5)9/h5,7H,1-2H2. The van der Waals surface area contributed by atoms with Crippen LogP contribution in [0.4, 0.5) is 8.78 Å². The molecular formula is C7H6F2O. The molecule has 0 amide bonds. The lowest BCUT2D eigenvalue weighted by Crippen LogP contribution is -2.13. The number of carbonyl (C=O) groups is 1. The highest BCUT2D eigenvalue weighted by Crippen LogP contribution is 2.24. The average molecular weight is 144 g/mol. The highest BCUT2D eigenvalue weighted by molar-refractivity contribution is 5.85. The van der Waals surface area contributed by atoms with Gasteiger partial charge < -0.3 is 0 Å². The van der Waals surface area contributed by atoms with Crippen molar-refractivity contribution < 1.29 is 13.6 Å². The van der Waals surface area contributed by atoms with Crippen LogP contribution in [0.2, 0.25) is 0 Å². The largest absolute Gasteiger partial charge is 0.296 e. The van der Waals surface area contributed by atoms with E-state index in [4.69, 9.17) is 0 Å². The lowest BCUT2D eigenvalue weighted by Gasteiger charge is -1.99. The van der Waals surface area contributed by atoms with E-state index in [1.165, 1.54) is 0 Å². The van der Waals surface area contributed by atoms with E-state index in [0.717, 1.165) is 6.17 Å². The summed E-state index contributed by atoms with van der Waals surface area (Å²) in [5.74, 6) is 0.864. The molecule has 0 aromatic carbocycles. The van der Waals surface area contributed by atoms with Gasteiger partial charge in [-0.15, -0.1) is 4.39 Å². The maximum absolute atomic E-state index is 12.5. The summed E-state index contributed by atoms with van der Waals surface area (Å²) in [6.07, 6.45) is 0.119. The third-order valence-electron chi connectivity index (χ3n) is 1.60. The molecule has 0 aromatic rings. The number of hydrogen-bond donors (Lipinski definition) is 0. The molecule has 0 bridgehead atoms. The van der Waals surface area contributed by atoms with Crippen LogP contribution >= 0.6 is 0 Å². The molecule has 1 rings (SSSR count). The van der Waals surface area contributed by atoms with E-state index in [-0.39, 0.29) is 6.42 Å². The Morgan fingerprint density at radius 3 is 2.70 bits per heavy atom. The van der Waals surface area contributed by atoms with Gasteiger partial charge in [0.25, 0.3) is 0 Å². The molecule has 54 valence electrons. The van der Waals surface area contributed by atoms with Crippen LogP contribution in [0.1, 0.15) is 12.8 Å². The number of carbonyl (C=O) groups excluding carboxylic acids is 1. The second-order valence-electron chi connectivity index (χ2n) is 2.25. The van der Waals surface area contributed by atoms with Crippen molar-refractivity contribution in [2.45, 2.75) is 19.0 Å².